The summed E-state index contributed by atoms with van der Waals surface area (Å²) in [7, 11) is 1.70. The van der Waals surface area contributed by atoms with Gasteiger partial charge in [0.05, 0.1) is 16.2 Å². The number of anilines is 2. The van der Waals surface area contributed by atoms with Crippen molar-refractivity contribution in [3.8, 4) is 5.75 Å². The van der Waals surface area contributed by atoms with Crippen LogP contribution in [0.4, 0.5) is 16.3 Å². The summed E-state index contributed by atoms with van der Waals surface area (Å²) in [4.78, 5) is 11.7. The number of hydrogen-bond acceptors (Lipinski definition) is 3. The first-order valence-corrected chi connectivity index (χ1v) is 5.97. The van der Waals surface area contributed by atoms with Crippen molar-refractivity contribution in [2.45, 2.75) is 0 Å². The van der Waals surface area contributed by atoms with Crippen LogP contribution in [0.25, 0.3) is 0 Å². The normalized spacial score (nSPS) is 10.3. The van der Waals surface area contributed by atoms with E-state index in [-0.39, 0.29) is 15.8 Å². The molecule has 0 aliphatic rings. The molecule has 0 saturated heterocycles. The first kappa shape index (κ1) is 13.5. The van der Waals surface area contributed by atoms with Crippen LogP contribution in [0.15, 0.2) is 24.4 Å². The van der Waals surface area contributed by atoms with Gasteiger partial charge in [-0.2, -0.15) is 5.10 Å². The molecule has 0 aliphatic carbocycles. The summed E-state index contributed by atoms with van der Waals surface area (Å²) in [6.45, 7) is 0. The summed E-state index contributed by atoms with van der Waals surface area (Å²) < 4.78 is 1.51. The largest absolute Gasteiger partial charge is 0.505 e. The zero-order valence-corrected chi connectivity index (χ0v) is 11.3. The fraction of sp³-hybridized carbons (Fsp3) is 0.0909. The second-order valence-corrected chi connectivity index (χ2v) is 4.52. The highest BCUT2D eigenvalue weighted by atomic mass is 35.5. The second kappa shape index (κ2) is 5.38. The first-order chi connectivity index (χ1) is 8.97. The molecular weight excluding hydrogens is 291 g/mol. The van der Waals surface area contributed by atoms with E-state index in [2.05, 4.69) is 15.7 Å². The van der Waals surface area contributed by atoms with E-state index in [0.29, 0.717) is 11.5 Å². The number of aromatic hydroxyl groups is 1. The van der Waals surface area contributed by atoms with Crippen molar-refractivity contribution in [2.24, 2.45) is 7.05 Å². The molecule has 0 atom stereocenters. The molecule has 2 aromatic rings. The van der Waals surface area contributed by atoms with Gasteiger partial charge in [-0.1, -0.05) is 23.2 Å². The van der Waals surface area contributed by atoms with Crippen LogP contribution in [0, 0.1) is 0 Å². The number of rotatable bonds is 2. The van der Waals surface area contributed by atoms with Crippen LogP contribution >= 0.6 is 23.2 Å². The highest BCUT2D eigenvalue weighted by Crippen LogP contribution is 2.34. The summed E-state index contributed by atoms with van der Waals surface area (Å²) in [6, 6.07) is 3.97. The highest BCUT2D eigenvalue weighted by molar-refractivity contribution is 6.37. The number of carbonyl (C=O) groups is 1. The number of hydrogen-bond donors (Lipinski definition) is 3. The van der Waals surface area contributed by atoms with Crippen LogP contribution in [0.2, 0.25) is 10.0 Å². The zero-order chi connectivity index (χ0) is 14.0. The van der Waals surface area contributed by atoms with Crippen molar-refractivity contribution in [3.63, 3.8) is 0 Å². The maximum absolute atomic E-state index is 11.7. The minimum Gasteiger partial charge on any atom is -0.505 e. The maximum atomic E-state index is 11.7. The zero-order valence-electron chi connectivity index (χ0n) is 9.82. The van der Waals surface area contributed by atoms with Gasteiger partial charge in [0, 0.05) is 18.8 Å². The number of halogens is 2. The van der Waals surface area contributed by atoms with E-state index < -0.39 is 6.03 Å². The molecular formula is C11H10Cl2N4O2. The average Bonchev–Trinajstić information content (AvgIpc) is 2.72. The van der Waals surface area contributed by atoms with Crippen molar-refractivity contribution >= 4 is 40.7 Å². The number of carbonyl (C=O) groups excluding carboxylic acids is 1. The summed E-state index contributed by atoms with van der Waals surface area (Å²) >= 11 is 11.5. The number of aromatic nitrogens is 2. The van der Waals surface area contributed by atoms with Crippen LogP contribution in [0.3, 0.4) is 0 Å². The van der Waals surface area contributed by atoms with Crippen molar-refractivity contribution in [3.05, 3.63) is 34.4 Å². The molecule has 8 heteroatoms. The lowest BCUT2D eigenvalue weighted by Gasteiger charge is -2.09. The van der Waals surface area contributed by atoms with E-state index in [1.165, 1.54) is 16.8 Å². The van der Waals surface area contributed by atoms with Gasteiger partial charge in [0.1, 0.15) is 5.82 Å². The minimum absolute atomic E-state index is 0.0586. The molecule has 6 nitrogen and oxygen atoms in total. The Hall–Kier alpha value is -1.92. The van der Waals surface area contributed by atoms with Gasteiger partial charge in [-0.3, -0.25) is 10.00 Å². The molecule has 3 N–H and O–H groups in total. The summed E-state index contributed by atoms with van der Waals surface area (Å²) in [5.74, 6) is 0.314. The number of phenols is 1. The number of phenolic OH excluding ortho intramolecular Hbond substituents is 1. The number of nitrogens with zero attached hydrogens (tertiary/aromatic N) is 2. The molecule has 2 amide bonds. The van der Waals surface area contributed by atoms with Gasteiger partial charge in [0.15, 0.2) is 5.75 Å². The lowest BCUT2D eigenvalue weighted by atomic mass is 10.3. The molecule has 19 heavy (non-hydrogen) atoms. The van der Waals surface area contributed by atoms with Gasteiger partial charge in [0.25, 0.3) is 0 Å². The third-order valence-electron chi connectivity index (χ3n) is 2.34. The Kier molecular flexibility index (Phi) is 3.82. The Morgan fingerprint density at radius 2 is 1.95 bits per heavy atom. The van der Waals surface area contributed by atoms with Crippen LogP contribution < -0.4 is 10.6 Å². The van der Waals surface area contributed by atoms with Crippen LogP contribution in [0.1, 0.15) is 0 Å². The van der Waals surface area contributed by atoms with Gasteiger partial charge >= 0.3 is 6.03 Å². The Bertz CT molecular complexity index is 604. The molecule has 1 heterocycles. The van der Waals surface area contributed by atoms with E-state index in [9.17, 15) is 9.90 Å². The van der Waals surface area contributed by atoms with E-state index >= 15 is 0 Å². The third-order valence-corrected chi connectivity index (χ3v) is 2.91. The third kappa shape index (κ3) is 3.10. The van der Waals surface area contributed by atoms with Gasteiger partial charge in [0.2, 0.25) is 0 Å². The molecule has 0 bridgehead atoms. The highest BCUT2D eigenvalue weighted by Gasteiger charge is 2.10. The molecule has 0 radical (unpaired) electrons. The molecule has 0 aliphatic heterocycles. The van der Waals surface area contributed by atoms with E-state index in [4.69, 9.17) is 23.2 Å². The summed E-state index contributed by atoms with van der Waals surface area (Å²) in [5, 5.41) is 18.6. The van der Waals surface area contributed by atoms with Crippen molar-refractivity contribution < 1.29 is 9.90 Å². The monoisotopic (exact) mass is 300 g/mol. The van der Waals surface area contributed by atoms with Crippen LogP contribution in [0.5, 0.6) is 5.75 Å². The quantitative estimate of drug-likeness (QED) is 0.746. The number of benzene rings is 1. The van der Waals surface area contributed by atoms with Gasteiger partial charge in [-0.05, 0) is 12.1 Å². The predicted molar refractivity (Wildman–Crippen MR) is 74.0 cm³/mol. The average molecular weight is 301 g/mol. The summed E-state index contributed by atoms with van der Waals surface area (Å²) in [6.07, 6.45) is 1.56. The SMILES string of the molecule is Cn1nccc1NC(=O)Nc1cc(Cl)c(O)c(Cl)c1. The van der Waals surface area contributed by atoms with Crippen molar-refractivity contribution in [1.82, 2.24) is 9.78 Å². The lowest BCUT2D eigenvalue weighted by molar-refractivity contribution is 0.262. The number of urea groups is 1. The molecule has 0 saturated carbocycles. The fourth-order valence-electron chi connectivity index (χ4n) is 1.41. The molecule has 2 rings (SSSR count). The first-order valence-electron chi connectivity index (χ1n) is 5.21. The molecule has 0 spiro atoms. The Balaban J connectivity index is 2.09. The lowest BCUT2D eigenvalue weighted by Crippen LogP contribution is -2.21. The van der Waals surface area contributed by atoms with E-state index in [1.807, 2.05) is 0 Å². The smallest absolute Gasteiger partial charge is 0.324 e. The fourth-order valence-corrected chi connectivity index (χ4v) is 1.90. The van der Waals surface area contributed by atoms with Crippen LogP contribution in [-0.4, -0.2) is 20.9 Å². The minimum atomic E-state index is -0.471. The maximum Gasteiger partial charge on any atom is 0.324 e. The molecule has 0 fully saturated rings. The van der Waals surface area contributed by atoms with Crippen LogP contribution in [-0.2, 0) is 7.05 Å². The van der Waals surface area contributed by atoms with E-state index in [0.717, 1.165) is 0 Å². The molecule has 0 unspecified atom stereocenters. The predicted octanol–water partition coefficient (Wildman–Crippen LogP) is 3.08. The van der Waals surface area contributed by atoms with Gasteiger partial charge in [-0.15, -0.1) is 0 Å². The summed E-state index contributed by atoms with van der Waals surface area (Å²) in [5.41, 5.74) is 0.368. The van der Waals surface area contributed by atoms with Crippen molar-refractivity contribution in [2.75, 3.05) is 10.6 Å². The standard InChI is InChI=1S/C11H10Cl2N4O2/c1-17-9(2-3-14-17)16-11(19)15-6-4-7(12)10(18)8(13)5-6/h2-5,18H,1H3,(H2,15,16,19). The Morgan fingerprint density at radius 3 is 2.47 bits per heavy atom. The van der Waals surface area contributed by atoms with Crippen molar-refractivity contribution in [1.29, 1.82) is 0 Å². The Morgan fingerprint density at radius 1 is 1.32 bits per heavy atom. The molecule has 1 aromatic carbocycles. The molecule has 100 valence electrons. The number of aryl methyl sites for hydroxylation is 1. The number of amides is 2. The molecule has 1 aromatic heterocycles. The Labute approximate surface area is 118 Å². The second-order valence-electron chi connectivity index (χ2n) is 3.71. The topological polar surface area (TPSA) is 79.2 Å². The van der Waals surface area contributed by atoms with Gasteiger partial charge in [-0.25, -0.2) is 4.79 Å². The van der Waals surface area contributed by atoms with Gasteiger partial charge < -0.3 is 10.4 Å². The number of nitrogens with one attached hydrogen (secondary N) is 2. The van der Waals surface area contributed by atoms with E-state index in [1.54, 1.807) is 19.3 Å².